The van der Waals surface area contributed by atoms with Gasteiger partial charge in [-0.25, -0.2) is 0 Å². The van der Waals surface area contributed by atoms with Crippen LogP contribution in [-0.2, 0) is 0 Å². The van der Waals surface area contributed by atoms with E-state index in [0.717, 1.165) is 11.2 Å². The normalized spacial score (nSPS) is 11.3. The average Bonchev–Trinajstić information content (AvgIpc) is 2.57. The molecule has 3 heteroatoms. The molecule has 0 saturated carbocycles. The predicted molar refractivity (Wildman–Crippen MR) is 59.6 cm³/mol. The van der Waals surface area contributed by atoms with Crippen molar-refractivity contribution >= 4 is 17.1 Å². The van der Waals surface area contributed by atoms with Crippen LogP contribution in [0, 0.1) is 0 Å². The summed E-state index contributed by atoms with van der Waals surface area (Å²) in [6, 6.07) is 10.3. The first-order valence-corrected chi connectivity index (χ1v) is 4.55. The van der Waals surface area contributed by atoms with Gasteiger partial charge in [0.05, 0.1) is 11.9 Å². The van der Waals surface area contributed by atoms with Crippen LogP contribution in [0.2, 0.25) is 0 Å². The van der Waals surface area contributed by atoms with Gasteiger partial charge < -0.3 is 9.99 Å². The molecule has 1 aromatic heterocycles. The first-order valence-electron chi connectivity index (χ1n) is 4.55. The van der Waals surface area contributed by atoms with Crippen LogP contribution in [0.5, 0.6) is 0 Å². The fourth-order valence-corrected chi connectivity index (χ4v) is 1.34. The molecule has 0 radical (unpaired) electrons. The van der Waals surface area contributed by atoms with Crippen LogP contribution in [0.3, 0.4) is 0 Å². The molecular weight excluding hydrogens is 174 g/mol. The molecule has 0 fully saturated rings. The van der Waals surface area contributed by atoms with Crippen molar-refractivity contribution < 1.29 is 0 Å². The second-order valence-electron chi connectivity index (χ2n) is 3.40. The second kappa shape index (κ2) is 3.54. The number of para-hydroxylation sites is 1. The average molecular weight is 187 g/mol. The second-order valence-corrected chi connectivity index (χ2v) is 3.40. The molecular formula is C11H13N3. The van der Waals surface area contributed by atoms with Crippen LogP contribution < -0.4 is 0 Å². The molecule has 0 saturated heterocycles. The summed E-state index contributed by atoms with van der Waals surface area (Å²) < 4.78 is 0. The third-order valence-corrected chi connectivity index (χ3v) is 1.98. The van der Waals surface area contributed by atoms with E-state index in [1.54, 1.807) is 5.01 Å². The van der Waals surface area contributed by atoms with Crippen LogP contribution >= 0.6 is 0 Å². The number of rotatable bonds is 2. The predicted octanol–water partition coefficient (Wildman–Crippen LogP) is 2.06. The molecule has 0 spiro atoms. The standard InChI is InChI=1S/C11H13N3/c1-14(2)12-8-10-7-9-5-3-4-6-11(9)13-10/h3-8,13H,1-2H3. The Bertz CT molecular complexity index is 421. The third-order valence-electron chi connectivity index (χ3n) is 1.98. The fourth-order valence-electron chi connectivity index (χ4n) is 1.34. The van der Waals surface area contributed by atoms with Crippen LogP contribution in [0.4, 0.5) is 0 Å². The highest BCUT2D eigenvalue weighted by molar-refractivity contribution is 5.89. The quantitative estimate of drug-likeness (QED) is 0.566. The maximum absolute atomic E-state index is 4.17. The Morgan fingerprint density at radius 2 is 2.07 bits per heavy atom. The van der Waals surface area contributed by atoms with Crippen molar-refractivity contribution in [3.8, 4) is 0 Å². The fraction of sp³-hybridized carbons (Fsp3) is 0.182. The lowest BCUT2D eigenvalue weighted by Gasteiger charge is -2.00. The Morgan fingerprint density at radius 3 is 2.79 bits per heavy atom. The van der Waals surface area contributed by atoms with E-state index < -0.39 is 0 Å². The summed E-state index contributed by atoms with van der Waals surface area (Å²) in [5.41, 5.74) is 2.17. The topological polar surface area (TPSA) is 31.4 Å². The van der Waals surface area contributed by atoms with Gasteiger partial charge in [-0.05, 0) is 12.1 Å². The number of nitrogens with zero attached hydrogens (tertiary/aromatic N) is 2. The zero-order chi connectivity index (χ0) is 9.97. The van der Waals surface area contributed by atoms with Gasteiger partial charge in [-0.1, -0.05) is 18.2 Å². The number of aromatic amines is 1. The molecule has 0 unspecified atom stereocenters. The van der Waals surface area contributed by atoms with E-state index in [4.69, 9.17) is 0 Å². The SMILES string of the molecule is CN(C)N=Cc1cc2ccccc2[nH]1. The largest absolute Gasteiger partial charge is 0.354 e. The van der Waals surface area contributed by atoms with E-state index in [9.17, 15) is 0 Å². The van der Waals surface area contributed by atoms with Crippen molar-refractivity contribution in [2.24, 2.45) is 5.10 Å². The molecule has 0 bridgehead atoms. The third kappa shape index (κ3) is 1.76. The Morgan fingerprint density at radius 1 is 1.29 bits per heavy atom. The van der Waals surface area contributed by atoms with Crippen molar-refractivity contribution in [2.75, 3.05) is 14.1 Å². The van der Waals surface area contributed by atoms with Crippen LogP contribution in [0.25, 0.3) is 10.9 Å². The molecule has 2 rings (SSSR count). The molecule has 1 aromatic carbocycles. The van der Waals surface area contributed by atoms with Crippen molar-refractivity contribution in [2.45, 2.75) is 0 Å². The minimum Gasteiger partial charge on any atom is -0.354 e. The zero-order valence-corrected chi connectivity index (χ0v) is 8.36. The number of hydrogen-bond donors (Lipinski definition) is 1. The number of H-pyrrole nitrogens is 1. The number of benzene rings is 1. The maximum atomic E-state index is 4.17. The minimum absolute atomic E-state index is 1.03. The minimum atomic E-state index is 1.03. The number of nitrogens with one attached hydrogen (secondary N) is 1. The van der Waals surface area contributed by atoms with Crippen LogP contribution in [0.15, 0.2) is 35.4 Å². The summed E-state index contributed by atoms with van der Waals surface area (Å²) in [4.78, 5) is 3.27. The summed E-state index contributed by atoms with van der Waals surface area (Å²) in [6.45, 7) is 0. The lowest BCUT2D eigenvalue weighted by Crippen LogP contribution is -2.01. The van der Waals surface area contributed by atoms with Gasteiger partial charge in [0, 0.05) is 25.0 Å². The van der Waals surface area contributed by atoms with Crippen LogP contribution in [-0.4, -0.2) is 30.3 Å². The van der Waals surface area contributed by atoms with Gasteiger partial charge in [0.25, 0.3) is 0 Å². The van der Waals surface area contributed by atoms with Crippen molar-refractivity contribution in [1.82, 2.24) is 9.99 Å². The van der Waals surface area contributed by atoms with E-state index in [1.807, 2.05) is 32.4 Å². The Hall–Kier alpha value is -1.77. The molecule has 0 amide bonds. The highest BCUT2D eigenvalue weighted by Crippen LogP contribution is 2.13. The smallest absolute Gasteiger partial charge is 0.0705 e. The van der Waals surface area contributed by atoms with E-state index in [2.05, 4.69) is 28.3 Å². The Balaban J connectivity index is 2.36. The van der Waals surface area contributed by atoms with Gasteiger partial charge in [0.15, 0.2) is 0 Å². The van der Waals surface area contributed by atoms with Gasteiger partial charge >= 0.3 is 0 Å². The molecule has 0 aliphatic carbocycles. The molecule has 0 aliphatic rings. The number of hydrazone groups is 1. The van der Waals surface area contributed by atoms with E-state index in [1.165, 1.54) is 5.39 Å². The summed E-state index contributed by atoms with van der Waals surface area (Å²) in [7, 11) is 3.80. The van der Waals surface area contributed by atoms with E-state index in [-0.39, 0.29) is 0 Å². The van der Waals surface area contributed by atoms with Gasteiger partial charge in [-0.3, -0.25) is 0 Å². The summed E-state index contributed by atoms with van der Waals surface area (Å²) in [6.07, 6.45) is 1.82. The molecule has 0 atom stereocenters. The molecule has 3 nitrogen and oxygen atoms in total. The highest BCUT2D eigenvalue weighted by Gasteiger charge is 1.96. The van der Waals surface area contributed by atoms with Gasteiger partial charge in [-0.2, -0.15) is 5.10 Å². The lowest BCUT2D eigenvalue weighted by molar-refractivity contribution is 0.440. The maximum Gasteiger partial charge on any atom is 0.0705 e. The summed E-state index contributed by atoms with van der Waals surface area (Å²) in [5.74, 6) is 0. The zero-order valence-electron chi connectivity index (χ0n) is 8.36. The molecule has 0 aliphatic heterocycles. The molecule has 2 aromatic rings. The van der Waals surface area contributed by atoms with Crippen molar-refractivity contribution in [3.05, 3.63) is 36.0 Å². The first-order chi connectivity index (χ1) is 6.75. The first kappa shape index (κ1) is 8.81. The van der Waals surface area contributed by atoms with Gasteiger partial charge in [-0.15, -0.1) is 0 Å². The van der Waals surface area contributed by atoms with Crippen LogP contribution in [0.1, 0.15) is 5.69 Å². The molecule has 14 heavy (non-hydrogen) atoms. The van der Waals surface area contributed by atoms with Gasteiger partial charge in [0.2, 0.25) is 0 Å². The molecule has 1 heterocycles. The van der Waals surface area contributed by atoms with Crippen molar-refractivity contribution in [1.29, 1.82) is 0 Å². The number of fused-ring (bicyclic) bond motifs is 1. The lowest BCUT2D eigenvalue weighted by atomic mass is 10.2. The molecule has 1 N–H and O–H groups in total. The number of hydrogen-bond acceptors (Lipinski definition) is 2. The highest BCUT2D eigenvalue weighted by atomic mass is 15.4. The van der Waals surface area contributed by atoms with Gasteiger partial charge in [0.1, 0.15) is 0 Å². The summed E-state index contributed by atoms with van der Waals surface area (Å²) in [5, 5.41) is 7.15. The Labute approximate surface area is 83.0 Å². The monoisotopic (exact) mass is 187 g/mol. The Kier molecular flexibility index (Phi) is 2.23. The number of aromatic nitrogens is 1. The van der Waals surface area contributed by atoms with E-state index >= 15 is 0 Å². The molecule has 72 valence electrons. The van der Waals surface area contributed by atoms with Crippen molar-refractivity contribution in [3.63, 3.8) is 0 Å². The van der Waals surface area contributed by atoms with E-state index in [0.29, 0.717) is 0 Å². The summed E-state index contributed by atoms with van der Waals surface area (Å²) >= 11 is 0.